The normalized spacial score (nSPS) is 11.0. The van der Waals surface area contributed by atoms with Gasteiger partial charge in [-0.15, -0.1) is 0 Å². The molecule has 0 saturated carbocycles. The highest BCUT2D eigenvalue weighted by Gasteiger charge is 2.04. The van der Waals surface area contributed by atoms with E-state index >= 15 is 0 Å². The molecule has 0 saturated heterocycles. The quantitative estimate of drug-likeness (QED) is 0.103. The lowest BCUT2D eigenvalue weighted by Gasteiger charge is -2.09. The number of carbonyl (C=O) groups excluding carboxylic acids is 2. The van der Waals surface area contributed by atoms with E-state index in [1.807, 2.05) is 0 Å². The summed E-state index contributed by atoms with van der Waals surface area (Å²) in [6, 6.07) is 0. The lowest BCUT2D eigenvalue weighted by Crippen LogP contribution is -2.15. The Morgan fingerprint density at radius 3 is 1.05 bits per heavy atom. The molecular formula is C26H48O12. The molecule has 0 atom stereocenters. The highest BCUT2D eigenvalue weighted by molar-refractivity contribution is 5.70. The van der Waals surface area contributed by atoms with Gasteiger partial charge in [-0.05, 0) is 19.3 Å². The predicted molar refractivity (Wildman–Crippen MR) is 137 cm³/mol. The number of aliphatic carboxylic acids is 1. The number of carboxylic acid groups (broad SMARTS) is 1. The molecule has 224 valence electrons. The molecule has 12 nitrogen and oxygen atoms in total. The average molecular weight is 553 g/mol. The van der Waals surface area contributed by atoms with Crippen LogP contribution >= 0.6 is 0 Å². The third-order valence-corrected chi connectivity index (χ3v) is 4.85. The average Bonchev–Trinajstić information content (AvgIpc) is 2.89. The van der Waals surface area contributed by atoms with Gasteiger partial charge in [-0.1, -0.05) is 19.8 Å². The lowest BCUT2D eigenvalue weighted by molar-refractivity contribution is -0.146. The van der Waals surface area contributed by atoms with Crippen LogP contribution in [0.1, 0.15) is 58.3 Å². The van der Waals surface area contributed by atoms with E-state index in [0.717, 1.165) is 19.3 Å². The van der Waals surface area contributed by atoms with Gasteiger partial charge in [0.05, 0.1) is 79.3 Å². The maximum absolute atomic E-state index is 11.4. The molecular weight excluding hydrogens is 504 g/mol. The van der Waals surface area contributed by atoms with Gasteiger partial charge < -0.3 is 43.0 Å². The van der Waals surface area contributed by atoms with Gasteiger partial charge in [0.1, 0.15) is 13.2 Å². The summed E-state index contributed by atoms with van der Waals surface area (Å²) in [5, 5.41) is 8.52. The number of hydrogen-bond acceptors (Lipinski definition) is 11. The van der Waals surface area contributed by atoms with Crippen LogP contribution in [0.25, 0.3) is 0 Å². The number of ether oxygens (including phenoxy) is 8. The zero-order chi connectivity index (χ0) is 27.9. The highest BCUT2D eigenvalue weighted by Crippen LogP contribution is 2.01. The van der Waals surface area contributed by atoms with Crippen molar-refractivity contribution in [2.24, 2.45) is 0 Å². The molecule has 0 unspecified atom stereocenters. The molecule has 0 rings (SSSR count). The second-order valence-electron chi connectivity index (χ2n) is 8.17. The van der Waals surface area contributed by atoms with Crippen molar-refractivity contribution < 1.29 is 57.4 Å². The summed E-state index contributed by atoms with van der Waals surface area (Å²) in [4.78, 5) is 33.2. The molecule has 0 aliphatic carbocycles. The number of rotatable bonds is 30. The van der Waals surface area contributed by atoms with Crippen molar-refractivity contribution >= 4 is 17.9 Å². The first-order valence-electron chi connectivity index (χ1n) is 13.6. The molecule has 0 aromatic heterocycles. The molecule has 12 heteroatoms. The van der Waals surface area contributed by atoms with E-state index in [0.29, 0.717) is 91.9 Å². The summed E-state index contributed by atoms with van der Waals surface area (Å²) in [6.07, 6.45) is 4.70. The molecule has 0 amide bonds. The first kappa shape index (κ1) is 36.2. The van der Waals surface area contributed by atoms with Gasteiger partial charge in [0.25, 0.3) is 0 Å². The number of carboxylic acids is 1. The van der Waals surface area contributed by atoms with E-state index in [2.05, 4.69) is 6.92 Å². The van der Waals surface area contributed by atoms with Crippen LogP contribution in [0.4, 0.5) is 0 Å². The molecule has 0 radical (unpaired) electrons. The van der Waals surface area contributed by atoms with E-state index in [4.69, 9.17) is 43.0 Å². The number of unbranched alkanes of at least 4 members (excludes halogenated alkanes) is 3. The Morgan fingerprint density at radius 1 is 0.447 bits per heavy atom. The molecule has 0 heterocycles. The van der Waals surface area contributed by atoms with Gasteiger partial charge in [-0.2, -0.15) is 0 Å². The summed E-state index contributed by atoms with van der Waals surface area (Å²) in [5.74, 6) is -1.38. The van der Waals surface area contributed by atoms with Gasteiger partial charge in [0.2, 0.25) is 0 Å². The van der Waals surface area contributed by atoms with Gasteiger partial charge in [-0.3, -0.25) is 14.4 Å². The summed E-state index contributed by atoms with van der Waals surface area (Å²) in [6.45, 7) is 7.60. The first-order chi connectivity index (χ1) is 18.6. The monoisotopic (exact) mass is 552 g/mol. The van der Waals surface area contributed by atoms with E-state index in [9.17, 15) is 14.4 Å². The largest absolute Gasteiger partial charge is 0.481 e. The van der Waals surface area contributed by atoms with Crippen LogP contribution in [-0.4, -0.2) is 116 Å². The number of hydrogen-bond donors (Lipinski definition) is 1. The summed E-state index contributed by atoms with van der Waals surface area (Å²) < 4.78 is 42.3. The SMILES string of the molecule is CCCCCC(=O)OCCOCCOCCOCCOCCOCCOCCOC(=O)CCCCC(=O)O. The van der Waals surface area contributed by atoms with Crippen LogP contribution in [0.15, 0.2) is 0 Å². The van der Waals surface area contributed by atoms with E-state index in [1.54, 1.807) is 0 Å². The van der Waals surface area contributed by atoms with Crippen LogP contribution in [0, 0.1) is 0 Å². The predicted octanol–water partition coefficient (Wildman–Crippen LogP) is 2.40. The van der Waals surface area contributed by atoms with Gasteiger partial charge in [-0.25, -0.2) is 0 Å². The molecule has 0 aromatic rings. The van der Waals surface area contributed by atoms with Gasteiger partial charge in [0.15, 0.2) is 0 Å². The molecule has 1 N–H and O–H groups in total. The van der Waals surface area contributed by atoms with Crippen molar-refractivity contribution in [2.75, 3.05) is 92.5 Å². The Hall–Kier alpha value is -1.83. The van der Waals surface area contributed by atoms with E-state index < -0.39 is 5.97 Å². The van der Waals surface area contributed by atoms with Crippen molar-refractivity contribution in [3.63, 3.8) is 0 Å². The number of esters is 2. The molecule has 0 aliphatic rings. The van der Waals surface area contributed by atoms with Crippen molar-refractivity contribution in [3.8, 4) is 0 Å². The second kappa shape index (κ2) is 29.7. The number of carbonyl (C=O) groups is 3. The fourth-order valence-corrected chi connectivity index (χ4v) is 2.84. The van der Waals surface area contributed by atoms with Crippen LogP contribution in [-0.2, 0) is 52.3 Å². The molecule has 0 spiro atoms. The summed E-state index contributed by atoms with van der Waals surface area (Å²) in [7, 11) is 0. The van der Waals surface area contributed by atoms with Gasteiger partial charge >= 0.3 is 17.9 Å². The van der Waals surface area contributed by atoms with E-state index in [-0.39, 0.29) is 44.6 Å². The van der Waals surface area contributed by atoms with Crippen LogP contribution in [0.2, 0.25) is 0 Å². The topological polar surface area (TPSA) is 145 Å². The first-order valence-corrected chi connectivity index (χ1v) is 13.6. The zero-order valence-corrected chi connectivity index (χ0v) is 23.0. The Morgan fingerprint density at radius 2 is 0.737 bits per heavy atom. The van der Waals surface area contributed by atoms with Crippen molar-refractivity contribution in [1.29, 1.82) is 0 Å². The standard InChI is InChI=1S/C26H48O12/c1-2-3-4-8-25(29)37-22-20-35-18-16-33-14-12-31-10-11-32-13-15-34-17-19-36-21-23-38-26(30)9-6-5-7-24(27)28/h2-23H2,1H3,(H,27,28). The second-order valence-corrected chi connectivity index (χ2v) is 8.17. The van der Waals surface area contributed by atoms with Crippen molar-refractivity contribution in [1.82, 2.24) is 0 Å². The maximum atomic E-state index is 11.4. The maximum Gasteiger partial charge on any atom is 0.305 e. The minimum atomic E-state index is -0.863. The Kier molecular flexibility index (Phi) is 28.3. The molecule has 0 aromatic carbocycles. The third-order valence-electron chi connectivity index (χ3n) is 4.85. The Bertz CT molecular complexity index is 558. The summed E-state index contributed by atoms with van der Waals surface area (Å²) in [5.41, 5.74) is 0. The van der Waals surface area contributed by atoms with Crippen molar-refractivity contribution in [3.05, 3.63) is 0 Å². The van der Waals surface area contributed by atoms with Crippen LogP contribution < -0.4 is 0 Å². The highest BCUT2D eigenvalue weighted by atomic mass is 16.6. The molecule has 0 bridgehead atoms. The van der Waals surface area contributed by atoms with Gasteiger partial charge in [0, 0.05) is 19.3 Å². The third kappa shape index (κ3) is 30.4. The molecule has 0 aliphatic heterocycles. The molecule has 38 heavy (non-hydrogen) atoms. The summed E-state index contributed by atoms with van der Waals surface area (Å²) >= 11 is 0. The smallest absolute Gasteiger partial charge is 0.305 e. The minimum Gasteiger partial charge on any atom is -0.481 e. The Balaban J connectivity index is 3.15. The Labute approximate surface area is 226 Å². The van der Waals surface area contributed by atoms with Crippen molar-refractivity contribution in [2.45, 2.75) is 58.3 Å². The van der Waals surface area contributed by atoms with Crippen LogP contribution in [0.5, 0.6) is 0 Å². The lowest BCUT2D eigenvalue weighted by atomic mass is 10.2. The van der Waals surface area contributed by atoms with Crippen LogP contribution in [0.3, 0.4) is 0 Å². The minimum absolute atomic E-state index is 0.0606. The van der Waals surface area contributed by atoms with E-state index in [1.165, 1.54) is 0 Å². The fraction of sp³-hybridized carbons (Fsp3) is 0.885. The molecule has 0 fully saturated rings. The fourth-order valence-electron chi connectivity index (χ4n) is 2.84. The zero-order valence-electron chi connectivity index (χ0n) is 23.0.